The number of hydrogen-bond acceptors (Lipinski definition) is 5. The summed E-state index contributed by atoms with van der Waals surface area (Å²) in [7, 11) is -4.53. The highest BCUT2D eigenvalue weighted by Gasteiger charge is 2.29. The lowest BCUT2D eigenvalue weighted by Gasteiger charge is -2.14. The fourth-order valence-electron chi connectivity index (χ4n) is 0.611. The van der Waals surface area contributed by atoms with Gasteiger partial charge in [-0.1, -0.05) is 0 Å². The Hall–Kier alpha value is -0.300. The van der Waals surface area contributed by atoms with E-state index in [2.05, 4.69) is 0 Å². The van der Waals surface area contributed by atoms with Gasteiger partial charge in [0.25, 0.3) is 0 Å². The molecule has 8 heteroatoms. The van der Waals surface area contributed by atoms with E-state index in [0.29, 0.717) is 0 Å². The van der Waals surface area contributed by atoms with Gasteiger partial charge in [-0.25, -0.2) is 0 Å². The van der Waals surface area contributed by atoms with Crippen LogP contribution in [0.4, 0.5) is 0 Å². The Morgan fingerprint density at radius 2 is 1.77 bits per heavy atom. The van der Waals surface area contributed by atoms with Gasteiger partial charge in [-0.05, 0) is 0 Å². The Kier molecular flexibility index (Phi) is 4.69. The molecule has 0 unspecified atom stereocenters. The number of carbonyl (C=O) groups is 1. The minimum Gasteiger partial charge on any atom is -0.394 e. The maximum atomic E-state index is 10.7. The molecule has 0 spiro atoms. The van der Waals surface area contributed by atoms with E-state index in [4.69, 9.17) is 25.1 Å². The molecule has 0 rings (SSSR count). The van der Waals surface area contributed by atoms with Crippen LogP contribution in [0.2, 0.25) is 0 Å². The molecule has 0 aliphatic rings. The molecule has 0 aromatic carbocycles. The highest BCUT2D eigenvalue weighted by atomic mass is 31.2. The topological polar surface area (TPSA) is 135 Å². The first-order valence-corrected chi connectivity index (χ1v) is 5.12. The lowest BCUT2D eigenvalue weighted by molar-refractivity contribution is -0.132. The normalized spacial score (nSPS) is 16.7. The van der Waals surface area contributed by atoms with E-state index in [0.717, 1.165) is 0 Å². The summed E-state index contributed by atoms with van der Waals surface area (Å²) in [5.41, 5.74) is 0. The Morgan fingerprint density at radius 3 is 2.08 bits per heavy atom. The van der Waals surface area contributed by atoms with Gasteiger partial charge in [0.1, 0.15) is 18.4 Å². The van der Waals surface area contributed by atoms with E-state index >= 15 is 0 Å². The lowest BCUT2D eigenvalue weighted by atomic mass is 10.1. The van der Waals surface area contributed by atoms with Gasteiger partial charge in [-0.2, -0.15) is 0 Å². The van der Waals surface area contributed by atoms with Crippen molar-refractivity contribution in [2.45, 2.75) is 12.2 Å². The number of aliphatic hydroxyl groups is 3. The van der Waals surface area contributed by atoms with Crippen LogP contribution in [0.5, 0.6) is 0 Å². The Labute approximate surface area is 73.8 Å². The van der Waals surface area contributed by atoms with Crippen molar-refractivity contribution in [1.29, 1.82) is 0 Å². The van der Waals surface area contributed by atoms with Gasteiger partial charge < -0.3 is 25.1 Å². The van der Waals surface area contributed by atoms with Crippen molar-refractivity contribution in [1.82, 2.24) is 0 Å². The van der Waals surface area contributed by atoms with Crippen molar-refractivity contribution in [3.05, 3.63) is 0 Å². The van der Waals surface area contributed by atoms with Gasteiger partial charge in [-0.15, -0.1) is 0 Å². The molecule has 0 radical (unpaired) electrons. The van der Waals surface area contributed by atoms with Crippen LogP contribution in [-0.4, -0.2) is 55.9 Å². The molecule has 0 aliphatic heterocycles. The second-order valence-corrected chi connectivity index (χ2v) is 4.13. The van der Waals surface area contributed by atoms with Crippen LogP contribution < -0.4 is 0 Å². The summed E-state index contributed by atoms with van der Waals surface area (Å²) in [5.74, 6) is -1.20. The van der Waals surface area contributed by atoms with E-state index in [1.54, 1.807) is 0 Å². The van der Waals surface area contributed by atoms with Crippen molar-refractivity contribution in [2.24, 2.45) is 0 Å². The Balaban J connectivity index is 4.20. The molecule has 78 valence electrons. The number of Topliss-reactive ketones (excluding diaryl/α,β-unsaturated/α-hetero) is 1. The summed E-state index contributed by atoms with van der Waals surface area (Å²) in [4.78, 5) is 27.4. The highest BCUT2D eigenvalue weighted by Crippen LogP contribution is 2.34. The molecule has 0 aromatic heterocycles. The molecule has 0 saturated carbocycles. The zero-order valence-corrected chi connectivity index (χ0v) is 7.46. The monoisotopic (exact) mass is 214 g/mol. The third kappa shape index (κ3) is 5.09. The second kappa shape index (κ2) is 4.80. The van der Waals surface area contributed by atoms with Crippen LogP contribution in [0, 0.1) is 0 Å². The molecule has 0 saturated heterocycles. The van der Waals surface area contributed by atoms with E-state index in [1.165, 1.54) is 0 Å². The molecule has 13 heavy (non-hydrogen) atoms. The molecule has 0 aliphatic carbocycles. The summed E-state index contributed by atoms with van der Waals surface area (Å²) in [6, 6.07) is 0. The average Bonchev–Trinajstić information content (AvgIpc) is 1.98. The number of rotatable bonds is 5. The number of carbonyl (C=O) groups excluding carboxylic acids is 1. The van der Waals surface area contributed by atoms with E-state index in [9.17, 15) is 9.36 Å². The molecular weight excluding hydrogens is 203 g/mol. The predicted octanol–water partition coefficient (Wildman–Crippen LogP) is -2.55. The highest BCUT2D eigenvalue weighted by molar-refractivity contribution is 7.52. The minimum absolute atomic E-state index is 0.853. The molecule has 5 N–H and O–H groups in total. The van der Waals surface area contributed by atoms with E-state index in [1.807, 2.05) is 0 Å². The first-order valence-electron chi connectivity index (χ1n) is 3.32. The largest absolute Gasteiger partial charge is 0.394 e. The standard InChI is InChI=1S/C5H11O7P/c6-1-3(7)5(9)4(8)2-13(10,11)12/h3,5-7,9H,1-2H2,(H2,10,11,12)/t3-,5+/m1/s1. The zero-order valence-electron chi connectivity index (χ0n) is 6.57. The van der Waals surface area contributed by atoms with Crippen LogP contribution in [0.15, 0.2) is 0 Å². The number of hydrogen-bond donors (Lipinski definition) is 5. The molecule has 2 atom stereocenters. The van der Waals surface area contributed by atoms with E-state index in [-0.39, 0.29) is 0 Å². The Morgan fingerprint density at radius 1 is 1.31 bits per heavy atom. The first-order chi connectivity index (χ1) is 5.78. The smallest absolute Gasteiger partial charge is 0.333 e. The number of ketones is 1. The second-order valence-electron chi connectivity index (χ2n) is 2.48. The first kappa shape index (κ1) is 12.7. The van der Waals surface area contributed by atoms with Crippen LogP contribution in [0.25, 0.3) is 0 Å². The van der Waals surface area contributed by atoms with Crippen LogP contribution in [0.3, 0.4) is 0 Å². The van der Waals surface area contributed by atoms with Crippen molar-refractivity contribution in [3.63, 3.8) is 0 Å². The number of aliphatic hydroxyl groups excluding tert-OH is 3. The lowest BCUT2D eigenvalue weighted by Crippen LogP contribution is -2.37. The maximum absolute atomic E-state index is 10.7. The van der Waals surface area contributed by atoms with Gasteiger partial charge in [-0.3, -0.25) is 9.36 Å². The summed E-state index contributed by atoms with van der Waals surface area (Å²) in [6.45, 7) is -0.853. The molecule has 7 nitrogen and oxygen atoms in total. The SMILES string of the molecule is O=C(CP(=O)(O)O)[C@@H](O)[C@H](O)CO. The average molecular weight is 214 g/mol. The molecule has 0 amide bonds. The van der Waals surface area contributed by atoms with Gasteiger partial charge in [0.2, 0.25) is 0 Å². The van der Waals surface area contributed by atoms with Crippen molar-refractivity contribution < 1.29 is 34.5 Å². The zero-order chi connectivity index (χ0) is 10.6. The molecule has 0 heterocycles. The molecular formula is C5H11O7P. The summed E-state index contributed by atoms with van der Waals surface area (Å²) in [5, 5.41) is 25.9. The third-order valence-electron chi connectivity index (χ3n) is 1.24. The van der Waals surface area contributed by atoms with Gasteiger partial charge in [0.15, 0.2) is 5.78 Å². The van der Waals surface area contributed by atoms with Crippen molar-refractivity contribution >= 4 is 13.4 Å². The van der Waals surface area contributed by atoms with Gasteiger partial charge in [0, 0.05) is 0 Å². The minimum atomic E-state index is -4.53. The van der Waals surface area contributed by atoms with E-state index < -0.39 is 38.4 Å². The van der Waals surface area contributed by atoms with Crippen molar-refractivity contribution in [2.75, 3.05) is 12.8 Å². The fraction of sp³-hybridized carbons (Fsp3) is 0.800. The molecule has 0 aromatic rings. The van der Waals surface area contributed by atoms with Gasteiger partial charge in [0.05, 0.1) is 6.61 Å². The maximum Gasteiger partial charge on any atom is 0.333 e. The fourth-order valence-corrected chi connectivity index (χ4v) is 1.20. The predicted molar refractivity (Wildman–Crippen MR) is 41.0 cm³/mol. The summed E-state index contributed by atoms with van der Waals surface area (Å²) < 4.78 is 10.3. The van der Waals surface area contributed by atoms with Crippen LogP contribution in [0.1, 0.15) is 0 Å². The van der Waals surface area contributed by atoms with Crippen LogP contribution in [-0.2, 0) is 9.36 Å². The van der Waals surface area contributed by atoms with Crippen molar-refractivity contribution in [3.8, 4) is 0 Å². The quantitative estimate of drug-likeness (QED) is 0.318. The Bertz CT molecular complexity index is 221. The summed E-state index contributed by atoms with van der Waals surface area (Å²) >= 11 is 0. The van der Waals surface area contributed by atoms with Gasteiger partial charge >= 0.3 is 7.60 Å². The molecule has 0 bridgehead atoms. The third-order valence-corrected chi connectivity index (χ3v) is 1.97. The van der Waals surface area contributed by atoms with Crippen LogP contribution >= 0.6 is 7.60 Å². The summed E-state index contributed by atoms with van der Waals surface area (Å²) in [6.07, 6.45) is -4.82. The molecule has 0 fully saturated rings.